The van der Waals surface area contributed by atoms with Crippen molar-refractivity contribution in [2.24, 2.45) is 23.7 Å². The molecule has 51 heavy (non-hydrogen) atoms. The molecule has 0 fully saturated rings. The van der Waals surface area contributed by atoms with Crippen molar-refractivity contribution in [2.75, 3.05) is 7.11 Å². The Labute approximate surface area is 306 Å². The Balaban J connectivity index is 1.86. The van der Waals surface area contributed by atoms with Gasteiger partial charge in [-0.2, -0.15) is 0 Å². The van der Waals surface area contributed by atoms with E-state index in [1.54, 1.807) is 52.8 Å². The number of nitrogens with one attached hydrogen (secondary N) is 1. The molecule has 0 saturated carbocycles. The van der Waals surface area contributed by atoms with Crippen LogP contribution in [0.2, 0.25) is 0 Å². The molecule has 0 amide bonds. The number of carbonyl (C=O) groups is 4. The van der Waals surface area contributed by atoms with Crippen LogP contribution in [0.25, 0.3) is 0 Å². The van der Waals surface area contributed by atoms with Gasteiger partial charge in [0.15, 0.2) is 0 Å². The van der Waals surface area contributed by atoms with E-state index in [0.717, 1.165) is 0 Å². The number of methoxy groups -OCH3 is 1. The average Bonchev–Trinajstić information content (AvgIpc) is 3.35. The zero-order chi connectivity index (χ0) is 38.3. The van der Waals surface area contributed by atoms with Gasteiger partial charge in [0.1, 0.15) is 23.3 Å². The van der Waals surface area contributed by atoms with E-state index in [1.807, 2.05) is 0 Å². The molecule has 4 N–H and O–H groups in total. The SMILES string of the molecule is C=C1NC2=C(Br)C(=O)c3c(c(O)c(C)c4c3C(=O)[C@@](C)(O/C=C/[C@H](OC)[C@@H](C)[C@@H](OC(C)=O)[C@H](C)[C@H](O)[C@H](C)[C@@H](O)[C@@H](C)/C=C/C=C\1C)O4)C2=O. The topological polar surface area (TPSA) is 178 Å². The van der Waals surface area contributed by atoms with Crippen molar-refractivity contribution in [2.45, 2.75) is 85.6 Å². The molecular weight excluding hydrogens is 726 g/mol. The molecule has 12 nitrogen and oxygen atoms in total. The van der Waals surface area contributed by atoms with Crippen LogP contribution >= 0.6 is 15.9 Å². The molecule has 0 radical (unpaired) electrons. The predicted molar refractivity (Wildman–Crippen MR) is 191 cm³/mol. The van der Waals surface area contributed by atoms with Crippen LogP contribution in [0.1, 0.15) is 85.1 Å². The molecule has 13 heteroatoms. The van der Waals surface area contributed by atoms with Crippen LogP contribution in [-0.2, 0) is 19.0 Å². The number of carbonyl (C=O) groups excluding carboxylic acids is 4. The largest absolute Gasteiger partial charge is 0.507 e. The molecule has 4 aliphatic rings. The molecule has 5 bridgehead atoms. The van der Waals surface area contributed by atoms with E-state index in [4.69, 9.17) is 18.9 Å². The number of benzene rings is 1. The van der Waals surface area contributed by atoms with Gasteiger partial charge in [0.05, 0.1) is 45.7 Å². The molecule has 3 heterocycles. The summed E-state index contributed by atoms with van der Waals surface area (Å²) in [5, 5.41) is 36.8. The lowest BCUT2D eigenvalue weighted by Gasteiger charge is -2.38. The molecule has 9 atom stereocenters. The maximum absolute atomic E-state index is 14.0. The van der Waals surface area contributed by atoms with E-state index in [2.05, 4.69) is 27.8 Å². The van der Waals surface area contributed by atoms with Gasteiger partial charge in [-0.3, -0.25) is 19.2 Å². The number of hydrogen-bond acceptors (Lipinski definition) is 12. The number of aromatic hydroxyl groups is 1. The second-order valence-electron chi connectivity index (χ2n) is 13.6. The average molecular weight is 773 g/mol. The summed E-state index contributed by atoms with van der Waals surface area (Å²) in [7, 11) is 1.43. The van der Waals surface area contributed by atoms with Crippen LogP contribution < -0.4 is 10.1 Å². The van der Waals surface area contributed by atoms with Crippen molar-refractivity contribution in [3.63, 3.8) is 0 Å². The number of esters is 1. The number of fused-ring (bicyclic) bond motifs is 14. The lowest BCUT2D eigenvalue weighted by Crippen LogP contribution is -2.46. The van der Waals surface area contributed by atoms with Crippen LogP contribution in [0.5, 0.6) is 11.5 Å². The highest BCUT2D eigenvalue weighted by Crippen LogP contribution is 2.49. The third-order valence-corrected chi connectivity index (χ3v) is 10.8. The summed E-state index contributed by atoms with van der Waals surface area (Å²) < 4.78 is 23.1. The van der Waals surface area contributed by atoms with Crippen molar-refractivity contribution in [1.29, 1.82) is 0 Å². The predicted octanol–water partition coefficient (Wildman–Crippen LogP) is 5.34. The minimum atomic E-state index is -2.01. The second kappa shape index (κ2) is 15.3. The first-order valence-corrected chi connectivity index (χ1v) is 17.4. The van der Waals surface area contributed by atoms with Crippen LogP contribution in [0.15, 0.2) is 58.6 Å². The minimum Gasteiger partial charge on any atom is -0.507 e. The highest BCUT2D eigenvalue weighted by molar-refractivity contribution is 9.12. The first-order chi connectivity index (χ1) is 23.8. The van der Waals surface area contributed by atoms with Gasteiger partial charge in [0.25, 0.3) is 5.78 Å². The van der Waals surface area contributed by atoms with Crippen molar-refractivity contribution < 1.29 is 53.4 Å². The number of phenolic OH excluding ortho intramolecular Hbond substituents is 1. The number of aliphatic hydroxyl groups is 2. The van der Waals surface area contributed by atoms with Gasteiger partial charge in [-0.15, -0.1) is 0 Å². The lowest BCUT2D eigenvalue weighted by molar-refractivity contribution is -0.160. The monoisotopic (exact) mass is 771 g/mol. The maximum Gasteiger partial charge on any atom is 0.312 e. The number of ketones is 3. The minimum absolute atomic E-state index is 0.0585. The van der Waals surface area contributed by atoms with Crippen LogP contribution in [0.4, 0.5) is 0 Å². The summed E-state index contributed by atoms with van der Waals surface area (Å²) in [6.07, 6.45) is 4.10. The third kappa shape index (κ3) is 7.35. The molecule has 3 aliphatic heterocycles. The van der Waals surface area contributed by atoms with Gasteiger partial charge < -0.3 is 39.6 Å². The Kier molecular flexibility index (Phi) is 11.9. The molecule has 1 aromatic rings. The summed E-state index contributed by atoms with van der Waals surface area (Å²) in [4.78, 5) is 54.0. The van der Waals surface area contributed by atoms with Gasteiger partial charge >= 0.3 is 11.8 Å². The summed E-state index contributed by atoms with van der Waals surface area (Å²) in [6.45, 7) is 16.8. The van der Waals surface area contributed by atoms with Gasteiger partial charge in [0, 0.05) is 55.9 Å². The molecule has 0 spiro atoms. The van der Waals surface area contributed by atoms with E-state index < -0.39 is 82.9 Å². The van der Waals surface area contributed by atoms with Crippen molar-refractivity contribution >= 4 is 39.2 Å². The quantitative estimate of drug-likeness (QED) is 0.284. The Bertz CT molecular complexity index is 1770. The van der Waals surface area contributed by atoms with Gasteiger partial charge in [-0.25, -0.2) is 0 Å². The van der Waals surface area contributed by atoms with Crippen LogP contribution in [-0.4, -0.2) is 76.0 Å². The highest BCUT2D eigenvalue weighted by atomic mass is 79.9. The standard InChI is InChI=1S/C38H46BrNO11/c1-16-12-11-13-17(2)30(42)19(4)31(43)20(5)35(50-23(8)41)18(3)24(48-10)14-15-49-38(9)37(47)27-25-26(32(44)21(6)36(27)51-38)34(46)29(40-22(16)7)28(39)33(25)45/h11-15,17-20,24,30-31,35,40,42-44H,7H2,1-6,8-10H3/b13-11+,15-14+,16-12-/t17-,18+,19+,20+,24-,30-,31+,35+,38-/m0/s1. The Morgan fingerprint density at radius 3 is 2.24 bits per heavy atom. The molecule has 0 aromatic heterocycles. The molecule has 0 saturated heterocycles. The number of Topliss-reactive ketones (excluding diaryl/α,β-unsaturated/α-hetero) is 3. The number of allylic oxidation sites excluding steroid dienone is 5. The molecule has 5 rings (SSSR count). The summed E-state index contributed by atoms with van der Waals surface area (Å²) >= 11 is 3.23. The fourth-order valence-electron chi connectivity index (χ4n) is 6.72. The van der Waals surface area contributed by atoms with E-state index in [0.29, 0.717) is 5.57 Å². The van der Waals surface area contributed by atoms with Crippen molar-refractivity contribution in [3.8, 4) is 11.5 Å². The summed E-state index contributed by atoms with van der Waals surface area (Å²) in [5.74, 6) is -7.75. The Hall–Kier alpha value is -4.04. The molecular formula is C38H46BrNO11. The molecule has 1 aliphatic carbocycles. The first-order valence-electron chi connectivity index (χ1n) is 16.6. The van der Waals surface area contributed by atoms with E-state index >= 15 is 0 Å². The Morgan fingerprint density at radius 2 is 1.63 bits per heavy atom. The van der Waals surface area contributed by atoms with Gasteiger partial charge in [-0.1, -0.05) is 52.5 Å². The number of rotatable bonds is 2. The van der Waals surface area contributed by atoms with Crippen LogP contribution in [0.3, 0.4) is 0 Å². The number of hydrogen-bond donors (Lipinski definition) is 4. The van der Waals surface area contributed by atoms with Crippen molar-refractivity contribution in [3.05, 3.63) is 80.8 Å². The summed E-state index contributed by atoms with van der Waals surface area (Å²) in [6, 6.07) is 0. The van der Waals surface area contributed by atoms with E-state index in [1.165, 1.54) is 40.2 Å². The third-order valence-electron chi connectivity index (χ3n) is 10.1. The molecule has 276 valence electrons. The van der Waals surface area contributed by atoms with Crippen molar-refractivity contribution in [1.82, 2.24) is 5.32 Å². The maximum atomic E-state index is 14.0. The van der Waals surface area contributed by atoms with E-state index in [9.17, 15) is 34.5 Å². The molecule has 1 aromatic carbocycles. The fourth-order valence-corrected chi connectivity index (χ4v) is 7.19. The zero-order valence-electron chi connectivity index (χ0n) is 30.2. The second-order valence-corrected chi connectivity index (χ2v) is 14.4. The number of phenols is 1. The zero-order valence-corrected chi connectivity index (χ0v) is 31.8. The first kappa shape index (κ1) is 39.7. The van der Waals surface area contributed by atoms with E-state index in [-0.39, 0.29) is 43.9 Å². The van der Waals surface area contributed by atoms with Gasteiger partial charge in [0.2, 0.25) is 11.6 Å². The van der Waals surface area contributed by atoms with Gasteiger partial charge in [-0.05, 0) is 41.4 Å². The Morgan fingerprint density at radius 1 is 0.980 bits per heavy atom. The number of aliphatic hydroxyl groups excluding tert-OH is 2. The smallest absolute Gasteiger partial charge is 0.312 e. The lowest BCUT2D eigenvalue weighted by atomic mass is 9.78. The summed E-state index contributed by atoms with van der Waals surface area (Å²) in [5.41, 5.74) is -0.175. The normalized spacial score (nSPS) is 34.2. The number of halogens is 1. The molecule has 0 unspecified atom stereocenters. The number of ether oxygens (including phenoxy) is 4. The highest BCUT2D eigenvalue weighted by Gasteiger charge is 2.52. The fraction of sp³-hybridized carbons (Fsp3) is 0.474. The van der Waals surface area contributed by atoms with Crippen LogP contribution in [0, 0.1) is 30.6 Å².